The number of primary amides is 1. The molecule has 1 aliphatic heterocycles. The zero-order valence-electron chi connectivity index (χ0n) is 9.32. The van der Waals surface area contributed by atoms with Crippen molar-refractivity contribution in [2.24, 2.45) is 5.73 Å². The van der Waals surface area contributed by atoms with Crippen molar-refractivity contribution in [3.05, 3.63) is 29.3 Å². The molecule has 0 spiro atoms. The standard InChI is InChI=1S/C12H16N2O2/c1-8(14-7-12(13)15)9-2-3-11-10(6-9)4-5-16-11/h2-3,6,8,14H,4-5,7H2,1H3,(H2,13,15). The number of benzene rings is 1. The monoisotopic (exact) mass is 220 g/mol. The number of nitrogens with one attached hydrogen (secondary N) is 1. The molecule has 1 unspecified atom stereocenters. The summed E-state index contributed by atoms with van der Waals surface area (Å²) in [5.41, 5.74) is 7.49. The minimum Gasteiger partial charge on any atom is -0.493 e. The van der Waals surface area contributed by atoms with E-state index in [-0.39, 0.29) is 18.5 Å². The van der Waals surface area contributed by atoms with Crippen LogP contribution < -0.4 is 15.8 Å². The molecule has 1 aliphatic rings. The fraction of sp³-hybridized carbons (Fsp3) is 0.417. The van der Waals surface area contributed by atoms with Crippen molar-refractivity contribution in [3.8, 4) is 5.75 Å². The fourth-order valence-corrected chi connectivity index (χ4v) is 1.85. The third kappa shape index (κ3) is 2.33. The minimum absolute atomic E-state index is 0.124. The van der Waals surface area contributed by atoms with Crippen molar-refractivity contribution in [3.63, 3.8) is 0 Å². The topological polar surface area (TPSA) is 64.3 Å². The number of rotatable bonds is 4. The van der Waals surface area contributed by atoms with Crippen LogP contribution in [0.25, 0.3) is 0 Å². The van der Waals surface area contributed by atoms with E-state index >= 15 is 0 Å². The van der Waals surface area contributed by atoms with Crippen molar-refractivity contribution < 1.29 is 9.53 Å². The molecule has 0 aromatic heterocycles. The van der Waals surface area contributed by atoms with Gasteiger partial charge in [0, 0.05) is 12.5 Å². The van der Waals surface area contributed by atoms with Crippen LogP contribution in [0, 0.1) is 0 Å². The molecule has 3 N–H and O–H groups in total. The molecular weight excluding hydrogens is 204 g/mol. The Morgan fingerprint density at radius 3 is 3.19 bits per heavy atom. The van der Waals surface area contributed by atoms with E-state index in [4.69, 9.17) is 10.5 Å². The Hall–Kier alpha value is -1.55. The van der Waals surface area contributed by atoms with E-state index in [1.807, 2.05) is 19.1 Å². The molecule has 0 fully saturated rings. The van der Waals surface area contributed by atoms with Gasteiger partial charge in [0.2, 0.25) is 5.91 Å². The Labute approximate surface area is 94.8 Å². The number of fused-ring (bicyclic) bond motifs is 1. The Bertz CT molecular complexity index is 404. The Kier molecular flexibility index (Phi) is 3.10. The highest BCUT2D eigenvalue weighted by molar-refractivity contribution is 5.75. The Morgan fingerprint density at radius 1 is 1.62 bits per heavy atom. The maximum atomic E-state index is 10.7. The first-order chi connectivity index (χ1) is 7.66. The number of ether oxygens (including phenoxy) is 1. The molecule has 0 saturated heterocycles. The first kappa shape index (κ1) is 11.0. The molecule has 1 atom stereocenters. The molecular formula is C12H16N2O2. The smallest absolute Gasteiger partial charge is 0.231 e. The summed E-state index contributed by atoms with van der Waals surface area (Å²) in [7, 11) is 0. The molecule has 0 aliphatic carbocycles. The average molecular weight is 220 g/mol. The second-order valence-corrected chi connectivity index (χ2v) is 4.03. The van der Waals surface area contributed by atoms with Crippen LogP contribution >= 0.6 is 0 Å². The second-order valence-electron chi connectivity index (χ2n) is 4.03. The maximum absolute atomic E-state index is 10.7. The highest BCUT2D eigenvalue weighted by Crippen LogP contribution is 2.27. The molecule has 16 heavy (non-hydrogen) atoms. The van der Waals surface area contributed by atoms with E-state index in [9.17, 15) is 4.79 Å². The van der Waals surface area contributed by atoms with Crippen molar-refractivity contribution >= 4 is 5.91 Å². The van der Waals surface area contributed by atoms with Gasteiger partial charge < -0.3 is 15.8 Å². The predicted molar refractivity (Wildman–Crippen MR) is 61.3 cm³/mol. The maximum Gasteiger partial charge on any atom is 0.231 e. The van der Waals surface area contributed by atoms with Gasteiger partial charge in [-0.1, -0.05) is 12.1 Å². The van der Waals surface area contributed by atoms with E-state index in [1.165, 1.54) is 5.56 Å². The lowest BCUT2D eigenvalue weighted by molar-refractivity contribution is -0.117. The average Bonchev–Trinajstić information content (AvgIpc) is 2.72. The normalized spacial score (nSPS) is 15.3. The summed E-state index contributed by atoms with van der Waals surface area (Å²) in [5, 5.41) is 3.07. The van der Waals surface area contributed by atoms with Gasteiger partial charge in [-0.15, -0.1) is 0 Å². The molecule has 0 radical (unpaired) electrons. The first-order valence-electron chi connectivity index (χ1n) is 5.44. The summed E-state index contributed by atoms with van der Waals surface area (Å²) in [6, 6.07) is 6.25. The van der Waals surface area contributed by atoms with Crippen LogP contribution in [0.1, 0.15) is 24.1 Å². The van der Waals surface area contributed by atoms with Crippen molar-refractivity contribution in [2.45, 2.75) is 19.4 Å². The number of nitrogens with two attached hydrogens (primary N) is 1. The number of amides is 1. The third-order valence-electron chi connectivity index (χ3n) is 2.80. The summed E-state index contributed by atoms with van der Waals surface area (Å²) in [5.74, 6) is 0.641. The quantitative estimate of drug-likeness (QED) is 0.787. The van der Waals surface area contributed by atoms with Crippen LogP contribution in [0.15, 0.2) is 18.2 Å². The van der Waals surface area contributed by atoms with Crippen molar-refractivity contribution in [2.75, 3.05) is 13.2 Å². The SMILES string of the molecule is CC(NCC(N)=O)c1ccc2c(c1)CCO2. The van der Waals surface area contributed by atoms with Crippen LogP contribution in [-0.4, -0.2) is 19.1 Å². The summed E-state index contributed by atoms with van der Waals surface area (Å²) in [4.78, 5) is 10.7. The third-order valence-corrected chi connectivity index (χ3v) is 2.80. The fourth-order valence-electron chi connectivity index (χ4n) is 1.85. The second kappa shape index (κ2) is 4.53. The van der Waals surface area contributed by atoms with Gasteiger partial charge in [-0.05, 0) is 24.1 Å². The van der Waals surface area contributed by atoms with Gasteiger partial charge in [0.15, 0.2) is 0 Å². The molecule has 1 amide bonds. The van der Waals surface area contributed by atoms with Gasteiger partial charge in [-0.2, -0.15) is 0 Å². The van der Waals surface area contributed by atoms with Gasteiger partial charge in [0.1, 0.15) is 5.75 Å². The minimum atomic E-state index is -0.337. The summed E-state index contributed by atoms with van der Waals surface area (Å²) in [6.45, 7) is 2.98. The highest BCUT2D eigenvalue weighted by Gasteiger charge is 2.14. The van der Waals surface area contributed by atoms with Crippen LogP contribution in [0.2, 0.25) is 0 Å². The molecule has 86 valence electrons. The van der Waals surface area contributed by atoms with Gasteiger partial charge in [0.05, 0.1) is 13.2 Å². The molecule has 0 bridgehead atoms. The molecule has 1 heterocycles. The number of carbonyl (C=O) groups excluding carboxylic acids is 1. The molecule has 1 aromatic carbocycles. The lowest BCUT2D eigenvalue weighted by Gasteiger charge is -2.13. The summed E-state index contributed by atoms with van der Waals surface area (Å²) >= 11 is 0. The van der Waals surface area contributed by atoms with Crippen LogP contribution in [0.3, 0.4) is 0 Å². The van der Waals surface area contributed by atoms with E-state index < -0.39 is 0 Å². The van der Waals surface area contributed by atoms with E-state index in [2.05, 4.69) is 11.4 Å². The van der Waals surface area contributed by atoms with Gasteiger partial charge in [-0.3, -0.25) is 4.79 Å². The first-order valence-corrected chi connectivity index (χ1v) is 5.44. The lowest BCUT2D eigenvalue weighted by atomic mass is 10.0. The van der Waals surface area contributed by atoms with Crippen molar-refractivity contribution in [1.29, 1.82) is 0 Å². The Balaban J connectivity index is 2.06. The zero-order valence-corrected chi connectivity index (χ0v) is 9.32. The molecule has 4 nitrogen and oxygen atoms in total. The lowest BCUT2D eigenvalue weighted by Crippen LogP contribution is -2.30. The van der Waals surface area contributed by atoms with E-state index in [0.717, 1.165) is 24.3 Å². The van der Waals surface area contributed by atoms with Crippen LogP contribution in [0.4, 0.5) is 0 Å². The van der Waals surface area contributed by atoms with Gasteiger partial charge in [-0.25, -0.2) is 0 Å². The van der Waals surface area contributed by atoms with E-state index in [0.29, 0.717) is 0 Å². The van der Waals surface area contributed by atoms with E-state index in [1.54, 1.807) is 0 Å². The zero-order chi connectivity index (χ0) is 11.5. The predicted octanol–water partition coefficient (Wildman–Crippen LogP) is 0.757. The molecule has 2 rings (SSSR count). The van der Waals surface area contributed by atoms with Crippen molar-refractivity contribution in [1.82, 2.24) is 5.32 Å². The molecule has 0 saturated carbocycles. The largest absolute Gasteiger partial charge is 0.493 e. The number of hydrogen-bond acceptors (Lipinski definition) is 3. The van der Waals surface area contributed by atoms with Gasteiger partial charge in [0.25, 0.3) is 0 Å². The van der Waals surface area contributed by atoms with Crippen LogP contribution in [-0.2, 0) is 11.2 Å². The highest BCUT2D eigenvalue weighted by atomic mass is 16.5. The van der Waals surface area contributed by atoms with Gasteiger partial charge >= 0.3 is 0 Å². The molecule has 1 aromatic rings. The number of carbonyl (C=O) groups is 1. The van der Waals surface area contributed by atoms with Crippen LogP contribution in [0.5, 0.6) is 5.75 Å². The number of hydrogen-bond donors (Lipinski definition) is 2. The molecule has 4 heteroatoms. The summed E-state index contributed by atoms with van der Waals surface area (Å²) < 4.78 is 5.44. The Morgan fingerprint density at radius 2 is 2.44 bits per heavy atom. The summed E-state index contributed by atoms with van der Waals surface area (Å²) in [6.07, 6.45) is 0.964.